The fourth-order valence-corrected chi connectivity index (χ4v) is 12.4. The molecule has 602 valence electrons. The average Bonchev–Trinajstić information content (AvgIpc) is 0.822. The summed E-state index contributed by atoms with van der Waals surface area (Å²) in [6.45, 7) is 7.49. The molecular weight excluding hydrogens is 1370 g/mol. The van der Waals surface area contributed by atoms with Crippen molar-refractivity contribution < 1.29 is 127 Å². The first kappa shape index (κ1) is 92.3. The lowest BCUT2D eigenvalue weighted by atomic mass is 9.77. The van der Waals surface area contributed by atoms with Crippen LogP contribution in [0.15, 0.2) is 0 Å². The van der Waals surface area contributed by atoms with Crippen LogP contribution in [0.1, 0.15) is 195 Å². The van der Waals surface area contributed by atoms with Crippen LogP contribution in [0.2, 0.25) is 0 Å². The van der Waals surface area contributed by atoms with E-state index < -0.39 is 148 Å². The Bertz CT molecular complexity index is 2210. The largest absolute Gasteiger partial charge is 0.450 e. The third-order valence-corrected chi connectivity index (χ3v) is 18.3. The van der Waals surface area contributed by atoms with Crippen LogP contribution >= 0.6 is 0 Å². The highest BCUT2D eigenvalue weighted by atomic mass is 16.7. The third-order valence-electron chi connectivity index (χ3n) is 18.3. The van der Waals surface area contributed by atoms with Gasteiger partial charge in [-0.25, -0.2) is 14.4 Å². The van der Waals surface area contributed by atoms with Gasteiger partial charge < -0.3 is 132 Å². The number of ether oxygens (including phenoxy) is 8. The minimum Gasteiger partial charge on any atom is -0.450 e. The fraction of sp³-hybridized carbons (Fsp3) is 0.870. The van der Waals surface area contributed by atoms with Crippen LogP contribution in [0.25, 0.3) is 0 Å². The molecule has 35 heteroatoms. The van der Waals surface area contributed by atoms with Crippen molar-refractivity contribution in [2.24, 2.45) is 5.41 Å². The number of unbranched alkanes of at least 4 members (excludes halogenated alkanes) is 10. The molecule has 3 saturated heterocycles. The number of aliphatic hydroxyl groups is 9. The van der Waals surface area contributed by atoms with Crippen molar-refractivity contribution in [2.45, 2.75) is 286 Å². The third kappa shape index (κ3) is 38.6. The SMILES string of the molecule is CC(=O)NC1C(CCCCC(=O)NCCCCCCNC(=O)OCCCC(C)(CCCOC(=O)NCCCCCCNC(=O)CCCOC2OC(CO)C(O)C(O)C2NC(C)=O)CCCOC(=O)NCCCCCCNC(=O)CCCOC2OC(CO)C(O)C(O)C2NC(C)=O)OC(CO)C(O)C1O. The Kier molecular flexibility index (Phi) is 47.7. The summed E-state index contributed by atoms with van der Waals surface area (Å²) in [5.74, 6) is -1.82. The van der Waals surface area contributed by atoms with Gasteiger partial charge in [0.05, 0.1) is 65.0 Å². The van der Waals surface area contributed by atoms with Gasteiger partial charge in [-0.15, -0.1) is 0 Å². The lowest BCUT2D eigenvalue weighted by molar-refractivity contribution is -0.270. The number of rotatable bonds is 54. The molecule has 15 atom stereocenters. The molecule has 15 unspecified atom stereocenters. The van der Waals surface area contributed by atoms with Gasteiger partial charge in [0, 0.05) is 79.3 Å². The molecule has 3 fully saturated rings. The minimum atomic E-state index is -1.43. The molecule has 3 aliphatic heterocycles. The Morgan fingerprint density at radius 3 is 0.962 bits per heavy atom. The normalized spacial score (nSPS) is 25.1. The summed E-state index contributed by atoms with van der Waals surface area (Å²) >= 11 is 0. The van der Waals surface area contributed by atoms with Crippen LogP contribution in [-0.4, -0.2) is 284 Å². The summed E-state index contributed by atoms with van der Waals surface area (Å²) in [4.78, 5) is 110. The van der Waals surface area contributed by atoms with Gasteiger partial charge in [0.1, 0.15) is 67.0 Å². The molecule has 0 aromatic heterocycles. The van der Waals surface area contributed by atoms with Gasteiger partial charge in [-0.2, -0.15) is 0 Å². The Morgan fingerprint density at radius 1 is 0.337 bits per heavy atom. The molecule has 18 N–H and O–H groups in total. The van der Waals surface area contributed by atoms with E-state index in [1.165, 1.54) is 20.8 Å². The number of amides is 9. The number of aliphatic hydroxyl groups excluding tert-OH is 9. The second-order valence-electron chi connectivity index (χ2n) is 27.3. The number of alkyl carbamates (subject to hydrolysis) is 3. The first-order chi connectivity index (χ1) is 49.8. The highest BCUT2D eigenvalue weighted by Crippen LogP contribution is 2.35. The lowest BCUT2D eigenvalue weighted by Crippen LogP contribution is -2.64. The fourth-order valence-electron chi connectivity index (χ4n) is 12.4. The van der Waals surface area contributed by atoms with Crippen molar-refractivity contribution in [2.75, 3.05) is 92.1 Å². The van der Waals surface area contributed by atoms with Gasteiger partial charge in [-0.05, 0) is 108 Å². The Hall–Kier alpha value is -5.93. The molecule has 0 saturated carbocycles. The Morgan fingerprint density at radius 2 is 0.635 bits per heavy atom. The van der Waals surface area contributed by atoms with Gasteiger partial charge in [0.2, 0.25) is 35.4 Å². The maximum Gasteiger partial charge on any atom is 0.407 e. The van der Waals surface area contributed by atoms with Crippen molar-refractivity contribution in [1.82, 2.24) is 47.9 Å². The summed E-state index contributed by atoms with van der Waals surface area (Å²) in [5, 5.41) is 115. The van der Waals surface area contributed by atoms with E-state index in [1.54, 1.807) is 0 Å². The predicted molar refractivity (Wildman–Crippen MR) is 373 cm³/mol. The van der Waals surface area contributed by atoms with Crippen molar-refractivity contribution >= 4 is 53.7 Å². The molecule has 3 aliphatic rings. The van der Waals surface area contributed by atoms with Crippen LogP contribution in [-0.2, 0) is 66.7 Å². The van der Waals surface area contributed by atoms with E-state index in [0.717, 1.165) is 57.8 Å². The van der Waals surface area contributed by atoms with E-state index in [-0.39, 0.29) is 75.4 Å². The molecule has 0 aromatic carbocycles. The minimum absolute atomic E-state index is 0.0568. The molecule has 0 bridgehead atoms. The molecular formula is C69H125N9O26. The molecule has 35 nitrogen and oxygen atoms in total. The predicted octanol–water partition coefficient (Wildman–Crippen LogP) is -0.431. The lowest BCUT2D eigenvalue weighted by Gasteiger charge is -2.42. The van der Waals surface area contributed by atoms with Crippen molar-refractivity contribution in [1.29, 1.82) is 0 Å². The molecule has 0 aromatic rings. The number of nitrogens with one attached hydrogen (secondary N) is 9. The number of hydrogen-bond acceptors (Lipinski definition) is 26. The molecule has 3 heterocycles. The van der Waals surface area contributed by atoms with E-state index >= 15 is 0 Å². The maximum atomic E-state index is 12.6. The van der Waals surface area contributed by atoms with E-state index in [4.69, 9.17) is 37.9 Å². The molecule has 9 amide bonds. The Labute approximate surface area is 610 Å². The van der Waals surface area contributed by atoms with E-state index in [1.807, 2.05) is 0 Å². The quantitative estimate of drug-likeness (QED) is 0.0271. The molecule has 0 aliphatic carbocycles. The molecule has 0 radical (unpaired) electrons. The highest BCUT2D eigenvalue weighted by Gasteiger charge is 2.47. The average molecular weight is 1500 g/mol. The second-order valence-corrected chi connectivity index (χ2v) is 27.3. The van der Waals surface area contributed by atoms with Gasteiger partial charge >= 0.3 is 18.3 Å². The molecule has 0 spiro atoms. The van der Waals surface area contributed by atoms with Crippen molar-refractivity contribution in [3.05, 3.63) is 0 Å². The molecule has 3 rings (SSSR count). The standard InChI is InChI=1S/C69H125N9O26/c1-45(82)76-55-48(102-49(42-79)58(88)61(55)91)24-11-12-25-52(85)70-31-13-5-8-16-34-73-66(94)99-39-21-28-69(4,29-22-40-100-67(95)74-35-17-9-6-14-32-71-53(86)26-19-37-97-64-56(77-46(2)83)62(92)59(89)50(43-80)103-64)30-23-41-101-68(96)75-36-18-10-7-15-33-72-54(87)27-20-38-98-65-57(78-47(3)84)63(93)60(90)51(44-81)104-65/h48-51,55-65,79-81,88-93H,5-44H2,1-4H3,(H,70,85)(H,71,86)(H,72,87)(H,73,94)(H,74,95)(H,75,96)(H,76,82)(H,77,83)(H,78,84). The van der Waals surface area contributed by atoms with Crippen LogP contribution in [0.3, 0.4) is 0 Å². The van der Waals surface area contributed by atoms with Crippen molar-refractivity contribution in [3.8, 4) is 0 Å². The molecule has 104 heavy (non-hydrogen) atoms. The first-order valence-electron chi connectivity index (χ1n) is 37.3. The van der Waals surface area contributed by atoms with Crippen LogP contribution in [0.4, 0.5) is 14.4 Å². The summed E-state index contributed by atoms with van der Waals surface area (Å²) in [6.07, 6.45) is -0.604. The zero-order chi connectivity index (χ0) is 76.7. The topological polar surface area (TPSA) is 518 Å². The first-order valence-corrected chi connectivity index (χ1v) is 37.3. The zero-order valence-electron chi connectivity index (χ0n) is 61.4. The van der Waals surface area contributed by atoms with Gasteiger partial charge in [0.25, 0.3) is 0 Å². The summed E-state index contributed by atoms with van der Waals surface area (Å²) in [7, 11) is 0. The highest BCUT2D eigenvalue weighted by molar-refractivity contribution is 5.77. The monoisotopic (exact) mass is 1500 g/mol. The van der Waals surface area contributed by atoms with E-state index in [9.17, 15) is 89.1 Å². The van der Waals surface area contributed by atoms with Gasteiger partial charge in [-0.3, -0.25) is 28.8 Å². The van der Waals surface area contributed by atoms with E-state index in [0.29, 0.717) is 129 Å². The van der Waals surface area contributed by atoms with Crippen LogP contribution in [0, 0.1) is 5.41 Å². The summed E-state index contributed by atoms with van der Waals surface area (Å²) in [6, 6.07) is -2.99. The van der Waals surface area contributed by atoms with E-state index in [2.05, 4.69) is 54.8 Å². The van der Waals surface area contributed by atoms with Gasteiger partial charge in [0.15, 0.2) is 12.6 Å². The van der Waals surface area contributed by atoms with Crippen LogP contribution in [0.5, 0.6) is 0 Å². The Balaban J connectivity index is 1.30. The number of carbonyl (C=O) groups excluding carboxylic acids is 9. The summed E-state index contributed by atoms with van der Waals surface area (Å²) in [5.41, 5.74) is -0.286. The van der Waals surface area contributed by atoms with Crippen LogP contribution < -0.4 is 47.9 Å². The van der Waals surface area contributed by atoms with Crippen molar-refractivity contribution in [3.63, 3.8) is 0 Å². The maximum absolute atomic E-state index is 12.6. The smallest absolute Gasteiger partial charge is 0.407 e. The summed E-state index contributed by atoms with van der Waals surface area (Å²) < 4.78 is 44.7. The second kappa shape index (κ2) is 53.8. The van der Waals surface area contributed by atoms with Gasteiger partial charge in [-0.1, -0.05) is 51.9 Å². The number of carbonyl (C=O) groups is 9. The zero-order valence-corrected chi connectivity index (χ0v) is 61.4. The number of hydrogen-bond donors (Lipinski definition) is 18.